The summed E-state index contributed by atoms with van der Waals surface area (Å²) in [6.45, 7) is -5.56. The van der Waals surface area contributed by atoms with E-state index in [9.17, 15) is 14.8 Å². The standard InChI is InChI=1S/C5H13O7P/c1-5(8,3-6)4(7)2-12-13(9,10)11/h4,6-8H,2-3H2,1H3,(H2,9,10,11)/t4-,5+/m1/s1/i1D3. The lowest BCUT2D eigenvalue weighted by Gasteiger charge is -2.26. The lowest BCUT2D eigenvalue weighted by molar-refractivity contribution is -0.107. The molecule has 0 spiro atoms. The Bertz CT molecular complexity index is 276. The third kappa shape index (κ3) is 5.33. The quantitative estimate of drug-likeness (QED) is 0.345. The number of hydrogen-bond donors (Lipinski definition) is 5. The van der Waals surface area contributed by atoms with Crippen LogP contribution in [0.25, 0.3) is 0 Å². The van der Waals surface area contributed by atoms with E-state index in [2.05, 4.69) is 4.52 Å². The second kappa shape index (κ2) is 4.47. The van der Waals surface area contributed by atoms with Gasteiger partial charge >= 0.3 is 7.82 Å². The van der Waals surface area contributed by atoms with Gasteiger partial charge in [-0.15, -0.1) is 0 Å². The van der Waals surface area contributed by atoms with Gasteiger partial charge in [0, 0.05) is 4.11 Å². The first-order chi connectivity index (χ1) is 6.94. The van der Waals surface area contributed by atoms with E-state index >= 15 is 0 Å². The molecule has 0 aromatic carbocycles. The first-order valence-corrected chi connectivity index (χ1v) is 4.68. The Kier molecular flexibility index (Phi) is 2.86. The van der Waals surface area contributed by atoms with Crippen molar-refractivity contribution in [3.63, 3.8) is 0 Å². The Morgan fingerprint density at radius 2 is 2.23 bits per heavy atom. The molecule has 0 aliphatic heterocycles. The van der Waals surface area contributed by atoms with E-state index in [1.54, 1.807) is 0 Å². The first-order valence-electron chi connectivity index (χ1n) is 4.65. The van der Waals surface area contributed by atoms with Gasteiger partial charge in [0.25, 0.3) is 0 Å². The van der Waals surface area contributed by atoms with E-state index in [-0.39, 0.29) is 0 Å². The van der Waals surface area contributed by atoms with Crippen LogP contribution in [0.2, 0.25) is 0 Å². The van der Waals surface area contributed by atoms with E-state index in [1.165, 1.54) is 0 Å². The molecule has 8 heteroatoms. The highest BCUT2D eigenvalue weighted by Crippen LogP contribution is 2.36. The van der Waals surface area contributed by atoms with Crippen molar-refractivity contribution < 1.29 is 38.3 Å². The predicted molar refractivity (Wildman–Crippen MR) is 41.7 cm³/mol. The highest BCUT2D eigenvalue weighted by atomic mass is 31.2. The summed E-state index contributed by atoms with van der Waals surface area (Å²) in [4.78, 5) is 16.6. The largest absolute Gasteiger partial charge is 0.469 e. The monoisotopic (exact) mass is 219 g/mol. The van der Waals surface area contributed by atoms with Gasteiger partial charge in [-0.1, -0.05) is 0 Å². The maximum absolute atomic E-state index is 10.3. The van der Waals surface area contributed by atoms with E-state index in [0.717, 1.165) is 0 Å². The maximum atomic E-state index is 10.3. The summed E-state index contributed by atoms with van der Waals surface area (Å²) in [6, 6.07) is 0. The van der Waals surface area contributed by atoms with Crippen molar-refractivity contribution in [2.45, 2.75) is 18.6 Å². The van der Waals surface area contributed by atoms with Crippen LogP contribution in [0.1, 0.15) is 11.0 Å². The van der Waals surface area contributed by atoms with E-state index < -0.39 is 39.6 Å². The van der Waals surface area contributed by atoms with E-state index in [0.29, 0.717) is 0 Å². The Hall–Kier alpha value is -0.0100. The lowest BCUT2D eigenvalue weighted by Crippen LogP contribution is -2.45. The van der Waals surface area contributed by atoms with Crippen LogP contribution in [0, 0.1) is 0 Å². The Labute approximate surface area is 79.0 Å². The number of rotatable bonds is 5. The van der Waals surface area contributed by atoms with Gasteiger partial charge in [-0.2, -0.15) is 0 Å². The molecule has 5 N–H and O–H groups in total. The molecule has 2 atom stereocenters. The molecule has 0 saturated heterocycles. The number of aliphatic hydroxyl groups is 3. The molecule has 0 aliphatic rings. The van der Waals surface area contributed by atoms with Gasteiger partial charge in [0.1, 0.15) is 11.7 Å². The number of aliphatic hydroxyl groups excluding tert-OH is 2. The molecule has 0 saturated carbocycles. The van der Waals surface area contributed by atoms with Gasteiger partial charge in [0.05, 0.1) is 13.2 Å². The number of phosphoric ester groups is 1. The van der Waals surface area contributed by atoms with Crippen molar-refractivity contribution in [2.24, 2.45) is 0 Å². The molecular weight excluding hydrogens is 203 g/mol. The molecule has 0 bridgehead atoms. The van der Waals surface area contributed by atoms with Crippen LogP contribution in [0.4, 0.5) is 0 Å². The van der Waals surface area contributed by atoms with E-state index in [1.807, 2.05) is 0 Å². The van der Waals surface area contributed by atoms with Crippen molar-refractivity contribution in [1.29, 1.82) is 0 Å². The topological polar surface area (TPSA) is 127 Å². The minimum Gasteiger partial charge on any atom is -0.393 e. The van der Waals surface area contributed by atoms with Crippen LogP contribution >= 0.6 is 7.82 Å². The third-order valence-corrected chi connectivity index (χ3v) is 1.68. The molecule has 80 valence electrons. The third-order valence-electron chi connectivity index (χ3n) is 1.19. The van der Waals surface area contributed by atoms with Crippen LogP contribution < -0.4 is 0 Å². The summed E-state index contributed by atoms with van der Waals surface area (Å²) >= 11 is 0. The fourth-order valence-corrected chi connectivity index (χ4v) is 0.746. The SMILES string of the molecule is [2H]C([2H])([2H])[C@](O)(CO)[C@H](O)COP(=O)(O)O. The van der Waals surface area contributed by atoms with Crippen molar-refractivity contribution in [3.8, 4) is 0 Å². The molecule has 7 nitrogen and oxygen atoms in total. The van der Waals surface area contributed by atoms with Gasteiger partial charge in [-0.3, -0.25) is 4.52 Å². The zero-order valence-electron chi connectivity index (χ0n) is 9.49. The molecule has 0 rings (SSSR count). The average Bonchev–Trinajstić information content (AvgIpc) is 2.09. The zero-order valence-corrected chi connectivity index (χ0v) is 7.39. The van der Waals surface area contributed by atoms with Crippen LogP contribution in [-0.2, 0) is 9.09 Å². The Morgan fingerprint density at radius 3 is 2.54 bits per heavy atom. The summed E-state index contributed by atoms with van der Waals surface area (Å²) in [7, 11) is -4.89. The average molecular weight is 219 g/mol. The normalized spacial score (nSPS) is 23.9. The fourth-order valence-electron chi connectivity index (χ4n) is 0.411. The van der Waals surface area contributed by atoms with Gasteiger partial charge in [0.15, 0.2) is 0 Å². The maximum Gasteiger partial charge on any atom is 0.469 e. The molecule has 0 unspecified atom stereocenters. The molecule has 0 fully saturated rings. The molecule has 0 heterocycles. The Balaban J connectivity index is 4.67. The van der Waals surface area contributed by atoms with Crippen molar-refractivity contribution in [3.05, 3.63) is 0 Å². The van der Waals surface area contributed by atoms with Gasteiger partial charge in [0.2, 0.25) is 0 Å². The van der Waals surface area contributed by atoms with E-state index in [4.69, 9.17) is 19.0 Å². The highest BCUT2D eigenvalue weighted by Gasteiger charge is 2.31. The lowest BCUT2D eigenvalue weighted by atomic mass is 10.0. The fraction of sp³-hybridized carbons (Fsp3) is 1.00. The van der Waals surface area contributed by atoms with Gasteiger partial charge < -0.3 is 25.1 Å². The van der Waals surface area contributed by atoms with Gasteiger partial charge in [-0.05, 0) is 6.85 Å². The number of hydrogen-bond acceptors (Lipinski definition) is 5. The second-order valence-electron chi connectivity index (χ2n) is 2.38. The van der Waals surface area contributed by atoms with Crippen LogP contribution in [-0.4, -0.2) is 50.0 Å². The molecule has 0 aromatic heterocycles. The van der Waals surface area contributed by atoms with Crippen LogP contribution in [0.5, 0.6) is 0 Å². The zero-order chi connectivity index (χ0) is 13.2. The van der Waals surface area contributed by atoms with Crippen molar-refractivity contribution in [1.82, 2.24) is 0 Å². The van der Waals surface area contributed by atoms with Crippen LogP contribution in [0.15, 0.2) is 0 Å². The number of phosphoric acid groups is 1. The van der Waals surface area contributed by atoms with Crippen molar-refractivity contribution >= 4 is 7.82 Å². The summed E-state index contributed by atoms with van der Waals surface area (Å²) in [5.41, 5.74) is -2.90. The minimum absolute atomic E-state index is 1.13. The molecule has 0 aliphatic carbocycles. The molecule has 0 amide bonds. The van der Waals surface area contributed by atoms with Crippen molar-refractivity contribution in [2.75, 3.05) is 13.2 Å². The molecular formula is C5H13O7P. The Morgan fingerprint density at radius 1 is 1.69 bits per heavy atom. The summed E-state index contributed by atoms with van der Waals surface area (Å²) in [5, 5.41) is 27.4. The minimum atomic E-state index is -4.89. The van der Waals surface area contributed by atoms with Gasteiger partial charge in [-0.25, -0.2) is 4.57 Å². The predicted octanol–water partition coefficient (Wildman–Crippen LogP) is -1.80. The molecule has 0 radical (unpaired) electrons. The summed E-state index contributed by atoms with van der Waals surface area (Å²) < 4.78 is 34.7. The first kappa shape index (κ1) is 8.31. The summed E-state index contributed by atoms with van der Waals surface area (Å²) in [5.74, 6) is 0. The highest BCUT2D eigenvalue weighted by molar-refractivity contribution is 7.46. The smallest absolute Gasteiger partial charge is 0.393 e. The van der Waals surface area contributed by atoms with Crippen LogP contribution in [0.3, 0.4) is 0 Å². The molecule has 13 heavy (non-hydrogen) atoms. The summed E-state index contributed by atoms with van der Waals surface area (Å²) in [6.07, 6.45) is -2.17. The molecule has 0 aromatic rings. The second-order valence-corrected chi connectivity index (χ2v) is 3.62.